The van der Waals surface area contributed by atoms with Gasteiger partial charge in [-0.25, -0.2) is 4.79 Å². The maximum Gasteiger partial charge on any atom is 0.408 e. The highest BCUT2D eigenvalue weighted by Crippen LogP contribution is 2.29. The molecule has 0 spiro atoms. The van der Waals surface area contributed by atoms with Crippen molar-refractivity contribution in [3.05, 3.63) is 66.2 Å². The van der Waals surface area contributed by atoms with Crippen molar-refractivity contribution in [1.82, 2.24) is 10.2 Å². The standard InChI is InChI=1S/C30H41N3O6/c1-9-16-33(28(36)24(17-19(2)3)32-29(37)39-30(5,6)7)26(21-10-15-25(34)20(4)18-21)27(35)31-22-11-13-23(38-8)14-12-22/h9-15,18-19,24,26,34H,1,16-17H2,2-8H3,(H,31,35)(H,32,37). The molecular weight excluding hydrogens is 498 g/mol. The molecule has 9 heteroatoms. The van der Waals surface area contributed by atoms with E-state index in [0.717, 1.165) is 0 Å². The quantitative estimate of drug-likeness (QED) is 0.332. The van der Waals surface area contributed by atoms with Crippen molar-refractivity contribution in [2.45, 2.75) is 65.6 Å². The molecule has 0 aliphatic carbocycles. The summed E-state index contributed by atoms with van der Waals surface area (Å²) in [6, 6.07) is 9.53. The molecule has 0 saturated carbocycles. The van der Waals surface area contributed by atoms with Crippen LogP contribution in [0.15, 0.2) is 55.1 Å². The highest BCUT2D eigenvalue weighted by atomic mass is 16.6. The predicted molar refractivity (Wildman–Crippen MR) is 152 cm³/mol. The Hall–Kier alpha value is -4.01. The first-order valence-electron chi connectivity index (χ1n) is 12.9. The molecule has 0 aromatic heterocycles. The van der Waals surface area contributed by atoms with Gasteiger partial charge in [-0.15, -0.1) is 6.58 Å². The summed E-state index contributed by atoms with van der Waals surface area (Å²) in [4.78, 5) is 41.9. The van der Waals surface area contributed by atoms with Crippen molar-refractivity contribution in [3.63, 3.8) is 0 Å². The van der Waals surface area contributed by atoms with E-state index in [1.807, 2.05) is 13.8 Å². The van der Waals surface area contributed by atoms with Crippen LogP contribution in [0, 0.1) is 12.8 Å². The number of phenolic OH excluding ortho intramolecular Hbond substituents is 1. The van der Waals surface area contributed by atoms with Crippen LogP contribution in [0.4, 0.5) is 10.5 Å². The molecule has 2 rings (SSSR count). The molecule has 3 N–H and O–H groups in total. The number of hydrogen-bond donors (Lipinski definition) is 3. The van der Waals surface area contributed by atoms with Crippen LogP contribution in [0.2, 0.25) is 0 Å². The molecule has 2 atom stereocenters. The van der Waals surface area contributed by atoms with Gasteiger partial charge in [-0.3, -0.25) is 9.59 Å². The Morgan fingerprint density at radius 2 is 1.74 bits per heavy atom. The third-order valence-electron chi connectivity index (χ3n) is 5.76. The molecule has 0 saturated heterocycles. The number of aromatic hydroxyl groups is 1. The summed E-state index contributed by atoms with van der Waals surface area (Å²) in [5.74, 6) is -0.177. The van der Waals surface area contributed by atoms with Crippen LogP contribution in [-0.2, 0) is 14.3 Å². The minimum atomic E-state index is -1.09. The van der Waals surface area contributed by atoms with E-state index in [-0.39, 0.29) is 18.2 Å². The zero-order valence-corrected chi connectivity index (χ0v) is 23.9. The van der Waals surface area contributed by atoms with E-state index < -0.39 is 35.6 Å². The van der Waals surface area contributed by atoms with Crippen molar-refractivity contribution in [2.75, 3.05) is 19.0 Å². The van der Waals surface area contributed by atoms with Crippen molar-refractivity contribution in [3.8, 4) is 11.5 Å². The molecule has 2 aromatic carbocycles. The van der Waals surface area contributed by atoms with Gasteiger partial charge in [0.05, 0.1) is 7.11 Å². The van der Waals surface area contributed by atoms with Crippen LogP contribution < -0.4 is 15.4 Å². The van der Waals surface area contributed by atoms with Gasteiger partial charge in [-0.2, -0.15) is 0 Å². The lowest BCUT2D eigenvalue weighted by Gasteiger charge is -2.34. The molecular formula is C30H41N3O6. The number of carbonyl (C=O) groups is 3. The van der Waals surface area contributed by atoms with E-state index in [0.29, 0.717) is 29.0 Å². The van der Waals surface area contributed by atoms with Crippen molar-refractivity contribution in [2.24, 2.45) is 5.92 Å². The smallest absolute Gasteiger partial charge is 0.408 e. The van der Waals surface area contributed by atoms with Crippen LogP contribution in [0.3, 0.4) is 0 Å². The van der Waals surface area contributed by atoms with Crippen LogP contribution >= 0.6 is 0 Å². The van der Waals surface area contributed by atoms with Crippen molar-refractivity contribution < 1.29 is 29.0 Å². The first-order chi connectivity index (χ1) is 18.2. The number of alkyl carbamates (subject to hydrolysis) is 1. The van der Waals surface area contributed by atoms with E-state index in [2.05, 4.69) is 17.2 Å². The molecule has 0 aliphatic rings. The molecule has 0 aliphatic heterocycles. The Labute approximate surface area is 231 Å². The summed E-state index contributed by atoms with van der Waals surface area (Å²) in [6.07, 6.45) is 1.13. The minimum Gasteiger partial charge on any atom is -0.508 e. The third-order valence-corrected chi connectivity index (χ3v) is 5.76. The van der Waals surface area contributed by atoms with Gasteiger partial charge in [0.1, 0.15) is 29.2 Å². The molecule has 39 heavy (non-hydrogen) atoms. The molecule has 0 fully saturated rings. The van der Waals surface area contributed by atoms with E-state index in [9.17, 15) is 19.5 Å². The predicted octanol–water partition coefficient (Wildman–Crippen LogP) is 5.34. The van der Waals surface area contributed by atoms with Crippen LogP contribution in [0.1, 0.15) is 58.2 Å². The second-order valence-electron chi connectivity index (χ2n) is 10.8. The highest BCUT2D eigenvalue weighted by molar-refractivity contribution is 5.99. The summed E-state index contributed by atoms with van der Waals surface area (Å²) in [7, 11) is 1.55. The van der Waals surface area contributed by atoms with Gasteiger partial charge in [0.25, 0.3) is 5.91 Å². The topological polar surface area (TPSA) is 117 Å². The Kier molecular flexibility index (Phi) is 11.0. The summed E-state index contributed by atoms with van der Waals surface area (Å²) >= 11 is 0. The number of benzene rings is 2. The van der Waals surface area contributed by atoms with Crippen molar-refractivity contribution >= 4 is 23.6 Å². The normalized spacial score (nSPS) is 12.7. The lowest BCUT2D eigenvalue weighted by atomic mass is 9.98. The fourth-order valence-corrected chi connectivity index (χ4v) is 4.01. The average molecular weight is 540 g/mol. The molecule has 212 valence electrons. The monoisotopic (exact) mass is 539 g/mol. The van der Waals surface area contributed by atoms with Crippen LogP contribution in [0.5, 0.6) is 11.5 Å². The number of nitrogens with one attached hydrogen (secondary N) is 2. The third kappa shape index (κ3) is 9.35. The maximum atomic E-state index is 14.0. The van der Waals surface area contributed by atoms with Gasteiger partial charge in [-0.1, -0.05) is 26.0 Å². The number of hydrogen-bond acceptors (Lipinski definition) is 6. The Bertz CT molecular complexity index is 1150. The number of rotatable bonds is 11. The SMILES string of the molecule is C=CCN(C(=O)C(CC(C)C)NC(=O)OC(C)(C)C)C(C(=O)Nc1ccc(OC)cc1)c1ccc(O)c(C)c1. The van der Waals surface area contributed by atoms with Gasteiger partial charge < -0.3 is 30.1 Å². The molecule has 9 nitrogen and oxygen atoms in total. The van der Waals surface area contributed by atoms with E-state index in [1.165, 1.54) is 17.0 Å². The Morgan fingerprint density at radius 1 is 1.10 bits per heavy atom. The second kappa shape index (κ2) is 13.7. The number of carbonyl (C=O) groups excluding carboxylic acids is 3. The lowest BCUT2D eigenvalue weighted by Crippen LogP contribution is -2.52. The van der Waals surface area contributed by atoms with Gasteiger partial charge >= 0.3 is 6.09 Å². The van der Waals surface area contributed by atoms with Gasteiger partial charge in [0.2, 0.25) is 5.91 Å². The van der Waals surface area contributed by atoms with Gasteiger partial charge in [-0.05, 0) is 87.6 Å². The number of anilines is 1. The summed E-state index contributed by atoms with van der Waals surface area (Å²) in [5, 5.41) is 15.7. The number of amides is 3. The average Bonchev–Trinajstić information content (AvgIpc) is 2.84. The largest absolute Gasteiger partial charge is 0.508 e. The highest BCUT2D eigenvalue weighted by Gasteiger charge is 2.36. The number of ether oxygens (including phenoxy) is 2. The minimum absolute atomic E-state index is 0.0318. The maximum absolute atomic E-state index is 14.0. The van der Waals surface area contributed by atoms with E-state index >= 15 is 0 Å². The van der Waals surface area contributed by atoms with Crippen molar-refractivity contribution in [1.29, 1.82) is 0 Å². The number of aryl methyl sites for hydroxylation is 1. The van der Waals surface area contributed by atoms with E-state index in [4.69, 9.17) is 9.47 Å². The Balaban J connectivity index is 2.52. The fraction of sp³-hybridized carbons (Fsp3) is 0.433. The van der Waals surface area contributed by atoms with Crippen LogP contribution in [0.25, 0.3) is 0 Å². The molecule has 3 amide bonds. The fourth-order valence-electron chi connectivity index (χ4n) is 4.01. The number of methoxy groups -OCH3 is 1. The molecule has 0 bridgehead atoms. The molecule has 0 radical (unpaired) electrons. The first-order valence-corrected chi connectivity index (χ1v) is 12.9. The number of phenols is 1. The first kappa shape index (κ1) is 31.2. The summed E-state index contributed by atoms with van der Waals surface area (Å²) in [6.45, 7) is 14.6. The van der Waals surface area contributed by atoms with Gasteiger partial charge in [0.15, 0.2) is 0 Å². The van der Waals surface area contributed by atoms with Gasteiger partial charge in [0, 0.05) is 12.2 Å². The zero-order chi connectivity index (χ0) is 29.3. The summed E-state index contributed by atoms with van der Waals surface area (Å²) in [5.41, 5.74) is 0.803. The molecule has 0 heterocycles. The second-order valence-corrected chi connectivity index (χ2v) is 10.8. The molecule has 2 unspecified atom stereocenters. The van der Waals surface area contributed by atoms with E-state index in [1.54, 1.807) is 71.2 Å². The lowest BCUT2D eigenvalue weighted by molar-refractivity contribution is -0.140. The zero-order valence-electron chi connectivity index (χ0n) is 23.9. The summed E-state index contributed by atoms with van der Waals surface area (Å²) < 4.78 is 10.6. The number of nitrogens with zero attached hydrogens (tertiary/aromatic N) is 1. The van der Waals surface area contributed by atoms with Crippen LogP contribution in [-0.4, -0.2) is 53.2 Å². The molecule has 2 aromatic rings. The Morgan fingerprint density at radius 3 is 2.26 bits per heavy atom.